The first-order valence-corrected chi connectivity index (χ1v) is 8.98. The normalized spacial score (nSPS) is 26.3. The number of nitrogens with one attached hydrogen (secondary N) is 1. The molecule has 0 unspecified atom stereocenters. The smallest absolute Gasteiger partial charge is 0.0852 e. The highest BCUT2D eigenvalue weighted by molar-refractivity contribution is 5.14. The Labute approximate surface area is 139 Å². The van der Waals surface area contributed by atoms with E-state index in [2.05, 4.69) is 47.5 Å². The molecule has 0 bridgehead atoms. The molecule has 3 rings (SSSR count). The molecule has 1 heterocycles. The lowest BCUT2D eigenvalue weighted by molar-refractivity contribution is -0.0503. The van der Waals surface area contributed by atoms with Gasteiger partial charge < -0.3 is 15.2 Å². The van der Waals surface area contributed by atoms with E-state index in [1.807, 2.05) is 0 Å². The fourth-order valence-corrected chi connectivity index (χ4v) is 3.71. The molecule has 1 aliphatic carbocycles. The molecule has 2 atom stereocenters. The zero-order valence-corrected chi connectivity index (χ0v) is 14.2. The highest BCUT2D eigenvalue weighted by Gasteiger charge is 2.32. The summed E-state index contributed by atoms with van der Waals surface area (Å²) in [7, 11) is 0. The second kappa shape index (κ2) is 7.75. The third-order valence-corrected chi connectivity index (χ3v) is 5.27. The number of hydrogen-bond acceptors (Lipinski definition) is 4. The molecule has 4 nitrogen and oxygen atoms in total. The molecule has 2 N–H and O–H groups in total. The zero-order valence-electron chi connectivity index (χ0n) is 14.2. The highest BCUT2D eigenvalue weighted by atomic mass is 16.5. The molecule has 1 aromatic carbocycles. The third-order valence-electron chi connectivity index (χ3n) is 5.27. The lowest BCUT2D eigenvalue weighted by atomic mass is 10.0. The van der Waals surface area contributed by atoms with Crippen LogP contribution in [0.25, 0.3) is 0 Å². The van der Waals surface area contributed by atoms with E-state index in [1.165, 1.54) is 5.56 Å². The Morgan fingerprint density at radius 2 is 2.04 bits per heavy atom. The van der Waals surface area contributed by atoms with Gasteiger partial charge in [0.1, 0.15) is 0 Å². The number of aliphatic hydroxyl groups is 1. The molecule has 1 saturated carbocycles. The first kappa shape index (κ1) is 16.9. The van der Waals surface area contributed by atoms with Gasteiger partial charge in [-0.1, -0.05) is 43.2 Å². The second-order valence-electron chi connectivity index (χ2n) is 7.23. The predicted molar refractivity (Wildman–Crippen MR) is 92.3 cm³/mol. The van der Waals surface area contributed by atoms with Crippen molar-refractivity contribution >= 4 is 0 Å². The SMILES string of the molecule is C[C@H](NCC1(O)CCCC1)[C@H]1CN(Cc2ccccc2)CCO1. The van der Waals surface area contributed by atoms with Gasteiger partial charge in [0.25, 0.3) is 0 Å². The molecule has 0 aromatic heterocycles. The fraction of sp³-hybridized carbons (Fsp3) is 0.684. The number of nitrogens with zero attached hydrogens (tertiary/aromatic N) is 1. The van der Waals surface area contributed by atoms with Crippen molar-refractivity contribution in [3.8, 4) is 0 Å². The Balaban J connectivity index is 1.47. The Bertz CT molecular complexity index is 474. The van der Waals surface area contributed by atoms with E-state index in [0.717, 1.165) is 51.9 Å². The standard InChI is InChI=1S/C19H30N2O2/c1-16(20-15-19(22)9-5-6-10-19)18-14-21(11-12-23-18)13-17-7-3-2-4-8-17/h2-4,7-8,16,18,20,22H,5-6,9-15H2,1H3/t16-,18+/m0/s1. The summed E-state index contributed by atoms with van der Waals surface area (Å²) in [4.78, 5) is 2.46. The molecule has 2 aliphatic rings. The summed E-state index contributed by atoms with van der Waals surface area (Å²) >= 11 is 0. The van der Waals surface area contributed by atoms with E-state index in [1.54, 1.807) is 0 Å². The van der Waals surface area contributed by atoms with Gasteiger partial charge in [0.2, 0.25) is 0 Å². The van der Waals surface area contributed by atoms with Gasteiger partial charge >= 0.3 is 0 Å². The first-order valence-electron chi connectivity index (χ1n) is 8.98. The van der Waals surface area contributed by atoms with Gasteiger partial charge in [-0.15, -0.1) is 0 Å². The Hall–Kier alpha value is -0.940. The molecule has 23 heavy (non-hydrogen) atoms. The lowest BCUT2D eigenvalue weighted by Gasteiger charge is -2.37. The average Bonchev–Trinajstić information content (AvgIpc) is 3.01. The van der Waals surface area contributed by atoms with Crippen molar-refractivity contribution < 1.29 is 9.84 Å². The summed E-state index contributed by atoms with van der Waals surface area (Å²) in [6.07, 6.45) is 4.35. The van der Waals surface area contributed by atoms with Crippen molar-refractivity contribution in [2.75, 3.05) is 26.2 Å². The number of hydrogen-bond donors (Lipinski definition) is 2. The predicted octanol–water partition coefficient (Wildman–Crippen LogP) is 2.17. The molecular formula is C19H30N2O2. The van der Waals surface area contributed by atoms with Crippen molar-refractivity contribution in [3.05, 3.63) is 35.9 Å². The van der Waals surface area contributed by atoms with Crippen molar-refractivity contribution in [2.45, 2.75) is 56.9 Å². The highest BCUT2D eigenvalue weighted by Crippen LogP contribution is 2.28. The topological polar surface area (TPSA) is 44.7 Å². The number of ether oxygens (including phenoxy) is 1. The molecule has 0 amide bonds. The fourth-order valence-electron chi connectivity index (χ4n) is 3.71. The van der Waals surface area contributed by atoms with Crippen LogP contribution >= 0.6 is 0 Å². The molecule has 0 radical (unpaired) electrons. The van der Waals surface area contributed by atoms with E-state index < -0.39 is 5.60 Å². The Morgan fingerprint density at radius 1 is 1.30 bits per heavy atom. The molecule has 1 aromatic rings. The second-order valence-corrected chi connectivity index (χ2v) is 7.23. The van der Waals surface area contributed by atoms with Crippen LogP contribution in [0.4, 0.5) is 0 Å². The van der Waals surface area contributed by atoms with E-state index in [4.69, 9.17) is 4.74 Å². The van der Waals surface area contributed by atoms with Crippen LogP contribution in [0.3, 0.4) is 0 Å². The van der Waals surface area contributed by atoms with Crippen molar-refractivity contribution in [3.63, 3.8) is 0 Å². The molecular weight excluding hydrogens is 288 g/mol. The van der Waals surface area contributed by atoms with Gasteiger partial charge in [0, 0.05) is 32.2 Å². The number of rotatable bonds is 6. The minimum atomic E-state index is -0.493. The molecule has 2 fully saturated rings. The maximum atomic E-state index is 10.5. The molecule has 0 spiro atoms. The van der Waals surface area contributed by atoms with Crippen LogP contribution in [0.2, 0.25) is 0 Å². The van der Waals surface area contributed by atoms with Crippen LogP contribution in [0, 0.1) is 0 Å². The van der Waals surface area contributed by atoms with E-state index >= 15 is 0 Å². The van der Waals surface area contributed by atoms with Crippen LogP contribution in [0.5, 0.6) is 0 Å². The summed E-state index contributed by atoms with van der Waals surface area (Å²) in [5.74, 6) is 0. The van der Waals surface area contributed by atoms with E-state index in [-0.39, 0.29) is 12.1 Å². The summed E-state index contributed by atoms with van der Waals surface area (Å²) in [5, 5.41) is 14.0. The molecule has 4 heteroatoms. The van der Waals surface area contributed by atoms with Crippen LogP contribution < -0.4 is 5.32 Å². The number of benzene rings is 1. The van der Waals surface area contributed by atoms with Crippen LogP contribution in [0.1, 0.15) is 38.2 Å². The van der Waals surface area contributed by atoms with E-state index in [9.17, 15) is 5.11 Å². The van der Waals surface area contributed by atoms with Gasteiger partial charge in [0.15, 0.2) is 0 Å². The Morgan fingerprint density at radius 3 is 2.78 bits per heavy atom. The van der Waals surface area contributed by atoms with Gasteiger partial charge in [-0.05, 0) is 25.3 Å². The minimum absolute atomic E-state index is 0.192. The van der Waals surface area contributed by atoms with Gasteiger partial charge in [0.05, 0.1) is 18.3 Å². The molecule has 1 aliphatic heterocycles. The minimum Gasteiger partial charge on any atom is -0.389 e. The van der Waals surface area contributed by atoms with Crippen LogP contribution in [-0.4, -0.2) is 54.0 Å². The van der Waals surface area contributed by atoms with Crippen LogP contribution in [-0.2, 0) is 11.3 Å². The summed E-state index contributed by atoms with van der Waals surface area (Å²) < 4.78 is 5.97. The zero-order chi connectivity index (χ0) is 16.1. The van der Waals surface area contributed by atoms with Gasteiger partial charge in [-0.25, -0.2) is 0 Å². The van der Waals surface area contributed by atoms with Crippen molar-refractivity contribution in [1.29, 1.82) is 0 Å². The molecule has 128 valence electrons. The van der Waals surface area contributed by atoms with Crippen molar-refractivity contribution in [2.24, 2.45) is 0 Å². The summed E-state index contributed by atoms with van der Waals surface area (Å²) in [5.41, 5.74) is 0.862. The largest absolute Gasteiger partial charge is 0.389 e. The lowest BCUT2D eigenvalue weighted by Crippen LogP contribution is -2.53. The number of morpholine rings is 1. The van der Waals surface area contributed by atoms with Crippen molar-refractivity contribution in [1.82, 2.24) is 10.2 Å². The van der Waals surface area contributed by atoms with Gasteiger partial charge in [-0.3, -0.25) is 4.90 Å². The average molecular weight is 318 g/mol. The van der Waals surface area contributed by atoms with Crippen LogP contribution in [0.15, 0.2) is 30.3 Å². The molecule has 1 saturated heterocycles. The maximum absolute atomic E-state index is 10.5. The van der Waals surface area contributed by atoms with Gasteiger partial charge in [-0.2, -0.15) is 0 Å². The first-order chi connectivity index (χ1) is 11.1. The Kier molecular flexibility index (Phi) is 5.70. The monoisotopic (exact) mass is 318 g/mol. The summed E-state index contributed by atoms with van der Waals surface area (Å²) in [6, 6.07) is 10.9. The quantitative estimate of drug-likeness (QED) is 0.844. The third kappa shape index (κ3) is 4.77. The maximum Gasteiger partial charge on any atom is 0.0852 e. The summed E-state index contributed by atoms with van der Waals surface area (Å²) in [6.45, 7) is 6.57. The van der Waals surface area contributed by atoms with E-state index in [0.29, 0.717) is 6.54 Å².